The van der Waals surface area contributed by atoms with Gasteiger partial charge in [0.15, 0.2) is 5.96 Å². The molecule has 24 heavy (non-hydrogen) atoms. The SMILES string of the molecule is CC(C)CNC(N)=NCc1ccccc1CN1CC(C)CC(C)C1. The van der Waals surface area contributed by atoms with Crippen molar-refractivity contribution in [1.29, 1.82) is 0 Å². The first-order chi connectivity index (χ1) is 11.4. The van der Waals surface area contributed by atoms with Gasteiger partial charge < -0.3 is 11.1 Å². The molecule has 0 amide bonds. The van der Waals surface area contributed by atoms with Crippen LogP contribution in [0.15, 0.2) is 29.3 Å². The maximum Gasteiger partial charge on any atom is 0.188 e. The van der Waals surface area contributed by atoms with Gasteiger partial charge in [0.05, 0.1) is 6.54 Å². The highest BCUT2D eigenvalue weighted by molar-refractivity contribution is 5.77. The van der Waals surface area contributed by atoms with Crippen molar-refractivity contribution in [3.63, 3.8) is 0 Å². The number of rotatable bonds is 6. The van der Waals surface area contributed by atoms with E-state index in [2.05, 4.69) is 67.2 Å². The van der Waals surface area contributed by atoms with E-state index in [4.69, 9.17) is 5.73 Å². The van der Waals surface area contributed by atoms with E-state index in [1.807, 2.05) is 0 Å². The summed E-state index contributed by atoms with van der Waals surface area (Å²) in [6.07, 6.45) is 1.35. The Morgan fingerprint density at radius 3 is 2.46 bits per heavy atom. The van der Waals surface area contributed by atoms with Crippen molar-refractivity contribution in [1.82, 2.24) is 10.2 Å². The van der Waals surface area contributed by atoms with Gasteiger partial charge >= 0.3 is 0 Å². The van der Waals surface area contributed by atoms with Gasteiger partial charge in [-0.25, -0.2) is 4.99 Å². The summed E-state index contributed by atoms with van der Waals surface area (Å²) < 4.78 is 0. The standard InChI is InChI=1S/C20H34N4/c1-15(2)10-22-20(21)23-11-18-7-5-6-8-19(18)14-24-12-16(3)9-17(4)13-24/h5-8,15-17H,9-14H2,1-4H3,(H3,21,22,23). The van der Waals surface area contributed by atoms with E-state index >= 15 is 0 Å². The molecule has 1 aromatic rings. The van der Waals surface area contributed by atoms with Gasteiger partial charge in [0.1, 0.15) is 0 Å². The number of hydrogen-bond acceptors (Lipinski definition) is 2. The zero-order chi connectivity index (χ0) is 17.5. The van der Waals surface area contributed by atoms with E-state index in [0.29, 0.717) is 18.4 Å². The number of hydrogen-bond donors (Lipinski definition) is 2. The van der Waals surface area contributed by atoms with E-state index < -0.39 is 0 Å². The molecule has 1 aliphatic heterocycles. The first kappa shape index (κ1) is 18.8. The third kappa shape index (κ3) is 6.16. The summed E-state index contributed by atoms with van der Waals surface area (Å²) in [6, 6.07) is 8.62. The normalized spacial score (nSPS) is 22.8. The molecule has 3 N–H and O–H groups in total. The van der Waals surface area contributed by atoms with Crippen LogP contribution < -0.4 is 11.1 Å². The molecule has 0 spiro atoms. The highest BCUT2D eigenvalue weighted by Crippen LogP contribution is 2.23. The van der Waals surface area contributed by atoms with Crippen molar-refractivity contribution in [2.45, 2.75) is 47.2 Å². The number of benzene rings is 1. The molecule has 0 radical (unpaired) electrons. The van der Waals surface area contributed by atoms with E-state index in [1.165, 1.54) is 30.6 Å². The van der Waals surface area contributed by atoms with Crippen molar-refractivity contribution in [2.75, 3.05) is 19.6 Å². The Bertz CT molecular complexity index is 528. The molecule has 1 aromatic carbocycles. The minimum atomic E-state index is 0.540. The fourth-order valence-electron chi connectivity index (χ4n) is 3.56. The van der Waals surface area contributed by atoms with Crippen LogP contribution in [-0.4, -0.2) is 30.5 Å². The Balaban J connectivity index is 1.98. The first-order valence-electron chi connectivity index (χ1n) is 9.27. The van der Waals surface area contributed by atoms with Crippen LogP contribution in [-0.2, 0) is 13.1 Å². The Morgan fingerprint density at radius 2 is 1.83 bits per heavy atom. The number of nitrogens with two attached hydrogens (primary N) is 1. The molecule has 0 saturated carbocycles. The van der Waals surface area contributed by atoms with Crippen LogP contribution >= 0.6 is 0 Å². The van der Waals surface area contributed by atoms with Gasteiger partial charge in [-0.3, -0.25) is 4.90 Å². The Hall–Kier alpha value is -1.55. The van der Waals surface area contributed by atoms with E-state index in [1.54, 1.807) is 0 Å². The quantitative estimate of drug-likeness (QED) is 0.622. The first-order valence-corrected chi connectivity index (χ1v) is 9.27. The molecule has 1 saturated heterocycles. The number of nitrogens with one attached hydrogen (secondary N) is 1. The van der Waals surface area contributed by atoms with E-state index in [0.717, 1.165) is 24.9 Å². The molecule has 1 fully saturated rings. The van der Waals surface area contributed by atoms with E-state index in [-0.39, 0.29) is 0 Å². The van der Waals surface area contributed by atoms with Crippen LogP contribution in [0.4, 0.5) is 0 Å². The molecule has 4 nitrogen and oxygen atoms in total. The summed E-state index contributed by atoms with van der Waals surface area (Å²) in [7, 11) is 0. The molecular weight excluding hydrogens is 296 g/mol. The van der Waals surface area contributed by atoms with Gasteiger partial charge in [0.25, 0.3) is 0 Å². The van der Waals surface area contributed by atoms with Crippen molar-refractivity contribution < 1.29 is 0 Å². The summed E-state index contributed by atoms with van der Waals surface area (Å²) in [4.78, 5) is 7.10. The van der Waals surface area contributed by atoms with Gasteiger partial charge in [0.2, 0.25) is 0 Å². The zero-order valence-electron chi connectivity index (χ0n) is 15.8. The molecule has 0 aliphatic carbocycles. The lowest BCUT2D eigenvalue weighted by Crippen LogP contribution is -2.38. The fraction of sp³-hybridized carbons (Fsp3) is 0.650. The Labute approximate surface area is 147 Å². The Kier molecular flexibility index (Phi) is 7.10. The highest BCUT2D eigenvalue weighted by atomic mass is 15.1. The van der Waals surface area contributed by atoms with Crippen molar-refractivity contribution in [3.05, 3.63) is 35.4 Å². The predicted octanol–water partition coefficient (Wildman–Crippen LogP) is 3.22. The minimum Gasteiger partial charge on any atom is -0.370 e. The smallest absolute Gasteiger partial charge is 0.188 e. The topological polar surface area (TPSA) is 53.6 Å². The molecule has 2 unspecified atom stereocenters. The summed E-state index contributed by atoms with van der Waals surface area (Å²) in [5.74, 6) is 2.68. The molecule has 0 aromatic heterocycles. The molecule has 134 valence electrons. The molecule has 4 heteroatoms. The summed E-state index contributed by atoms with van der Waals surface area (Å²) in [5, 5.41) is 3.18. The van der Waals surface area contributed by atoms with Crippen molar-refractivity contribution in [3.8, 4) is 0 Å². The maximum absolute atomic E-state index is 5.97. The third-order valence-corrected chi connectivity index (χ3v) is 4.57. The monoisotopic (exact) mass is 330 g/mol. The lowest BCUT2D eigenvalue weighted by molar-refractivity contribution is 0.134. The maximum atomic E-state index is 5.97. The van der Waals surface area contributed by atoms with Gasteiger partial charge in [-0.15, -0.1) is 0 Å². The van der Waals surface area contributed by atoms with Crippen molar-refractivity contribution >= 4 is 5.96 Å². The van der Waals surface area contributed by atoms with Crippen LogP contribution in [0, 0.1) is 17.8 Å². The second-order valence-electron chi connectivity index (χ2n) is 7.89. The summed E-state index contributed by atoms with van der Waals surface area (Å²) >= 11 is 0. The lowest BCUT2D eigenvalue weighted by atomic mass is 9.91. The molecule has 2 rings (SSSR count). The number of aliphatic imine (C=N–C) groups is 1. The van der Waals surface area contributed by atoms with Crippen LogP contribution in [0.3, 0.4) is 0 Å². The summed E-state index contributed by atoms with van der Waals surface area (Å²) in [6.45, 7) is 14.0. The Morgan fingerprint density at radius 1 is 1.21 bits per heavy atom. The van der Waals surface area contributed by atoms with Crippen LogP contribution in [0.1, 0.15) is 45.2 Å². The molecule has 0 bridgehead atoms. The fourth-order valence-corrected chi connectivity index (χ4v) is 3.56. The number of guanidine groups is 1. The lowest BCUT2D eigenvalue weighted by Gasteiger charge is -2.35. The average Bonchev–Trinajstić information content (AvgIpc) is 2.51. The van der Waals surface area contributed by atoms with Gasteiger partial charge in [-0.1, -0.05) is 52.0 Å². The van der Waals surface area contributed by atoms with Crippen LogP contribution in [0.5, 0.6) is 0 Å². The molecule has 1 aliphatic rings. The van der Waals surface area contributed by atoms with Crippen molar-refractivity contribution in [2.24, 2.45) is 28.5 Å². The largest absolute Gasteiger partial charge is 0.370 e. The van der Waals surface area contributed by atoms with Crippen LogP contribution in [0.25, 0.3) is 0 Å². The van der Waals surface area contributed by atoms with Crippen LogP contribution in [0.2, 0.25) is 0 Å². The molecule has 1 heterocycles. The minimum absolute atomic E-state index is 0.540. The molecule has 2 atom stereocenters. The van der Waals surface area contributed by atoms with E-state index in [9.17, 15) is 0 Å². The second kappa shape index (κ2) is 9.07. The number of piperidine rings is 1. The summed E-state index contributed by atoms with van der Waals surface area (Å²) in [5.41, 5.74) is 8.62. The number of likely N-dealkylation sites (tertiary alicyclic amines) is 1. The third-order valence-electron chi connectivity index (χ3n) is 4.57. The number of nitrogens with zero attached hydrogens (tertiary/aromatic N) is 2. The second-order valence-corrected chi connectivity index (χ2v) is 7.89. The van der Waals surface area contributed by atoms with Gasteiger partial charge in [0, 0.05) is 26.2 Å². The highest BCUT2D eigenvalue weighted by Gasteiger charge is 2.22. The predicted molar refractivity (Wildman–Crippen MR) is 103 cm³/mol. The van der Waals surface area contributed by atoms with Gasteiger partial charge in [-0.2, -0.15) is 0 Å². The zero-order valence-corrected chi connectivity index (χ0v) is 15.8. The van der Waals surface area contributed by atoms with Gasteiger partial charge in [-0.05, 0) is 35.3 Å². The molecular formula is C20H34N4. The average molecular weight is 331 g/mol.